The summed E-state index contributed by atoms with van der Waals surface area (Å²) in [5.74, 6) is 0. The smallest absolute Gasteiger partial charge is 0.146 e. The van der Waals surface area contributed by atoms with Gasteiger partial charge in [0.15, 0.2) is 0 Å². The maximum atomic E-state index is 6.07. The van der Waals surface area contributed by atoms with Crippen LogP contribution in [0.3, 0.4) is 0 Å². The molecular weight excluding hydrogens is 320 g/mol. The van der Waals surface area contributed by atoms with Crippen LogP contribution in [0, 0.1) is 0 Å². The summed E-state index contributed by atoms with van der Waals surface area (Å²) in [6.07, 6.45) is 26.6. The fraction of sp³-hybridized carbons (Fsp3) is 0.913. The van der Waals surface area contributed by atoms with Gasteiger partial charge in [-0.05, 0) is 32.1 Å². The van der Waals surface area contributed by atoms with Crippen molar-refractivity contribution in [3.63, 3.8) is 0 Å². The summed E-state index contributed by atoms with van der Waals surface area (Å²) in [5, 5.41) is 0. The highest BCUT2D eigenvalue weighted by Crippen LogP contribution is 2.29. The molecule has 0 bridgehead atoms. The predicted octanol–water partition coefficient (Wildman–Crippen LogP) is 7.27. The molecule has 0 N–H and O–H groups in total. The molecule has 0 heterocycles. The molecule has 0 rings (SSSR count). The van der Waals surface area contributed by atoms with Gasteiger partial charge in [0.1, 0.15) is 10.5 Å². The van der Waals surface area contributed by atoms with Crippen LogP contribution in [0.4, 0.5) is 0 Å². The second kappa shape index (κ2) is 18.7. The minimum atomic E-state index is 0.237. The lowest BCUT2D eigenvalue weighted by molar-refractivity contribution is 0.0464. The third kappa shape index (κ3) is 14.7. The minimum Gasteiger partial charge on any atom is -0.422 e. The van der Waals surface area contributed by atoms with Gasteiger partial charge >= 0.3 is 0 Å². The molecule has 25 heavy (non-hydrogen) atoms. The Kier molecular flexibility index (Phi) is 18.6. The number of allylic oxidation sites excluding steroid dienone is 1. The molecule has 0 fully saturated rings. The summed E-state index contributed by atoms with van der Waals surface area (Å²) in [5.41, 5.74) is 0.237. The Morgan fingerprint density at radius 3 is 1.44 bits per heavy atom. The summed E-state index contributed by atoms with van der Waals surface area (Å²) in [6.45, 7) is 8.38. The second-order valence-corrected chi connectivity index (χ2v) is 8.37. The van der Waals surface area contributed by atoms with Crippen molar-refractivity contribution in [1.82, 2.24) is 0 Å². The van der Waals surface area contributed by atoms with E-state index in [9.17, 15) is 0 Å². The van der Waals surface area contributed by atoms with Crippen molar-refractivity contribution in [3.8, 4) is 0 Å². The van der Waals surface area contributed by atoms with Gasteiger partial charge in [0.05, 0.1) is 5.60 Å². The van der Waals surface area contributed by atoms with Crippen LogP contribution in [0.15, 0.2) is 12.7 Å². The Bertz CT molecular complexity index is 271. The Morgan fingerprint density at radius 1 is 0.680 bits per heavy atom. The first kappa shape index (κ1) is 24.9. The van der Waals surface area contributed by atoms with Gasteiger partial charge in [0.25, 0.3) is 0 Å². The number of hydrogen-bond donors (Lipinski definition) is 0. The average Bonchev–Trinajstić information content (AvgIpc) is 2.62. The molecule has 0 aliphatic rings. The molecule has 0 aliphatic carbocycles. The highest BCUT2D eigenvalue weighted by Gasteiger charge is 2.26. The van der Waals surface area contributed by atoms with Gasteiger partial charge in [-0.1, -0.05) is 103 Å². The fourth-order valence-corrected chi connectivity index (χ4v) is 4.71. The van der Waals surface area contributed by atoms with Crippen LogP contribution in [0.5, 0.6) is 0 Å². The first-order valence-electron chi connectivity index (χ1n) is 11.4. The van der Waals surface area contributed by atoms with Crippen LogP contribution in [0.1, 0.15) is 129 Å². The Hall–Kier alpha value is -0.0831. The Balaban J connectivity index is 3.43. The Labute approximate surface area is 162 Å². The molecule has 150 valence electrons. The van der Waals surface area contributed by atoms with E-state index >= 15 is 0 Å². The molecule has 1 nitrogen and oxygen atoms in total. The number of unbranched alkanes of at least 4 members (excludes halogenated alkanes) is 12. The van der Waals surface area contributed by atoms with Crippen molar-refractivity contribution < 1.29 is 4.43 Å². The van der Waals surface area contributed by atoms with Crippen LogP contribution < -0.4 is 0 Å². The lowest BCUT2D eigenvalue weighted by Crippen LogP contribution is -2.31. The van der Waals surface area contributed by atoms with E-state index in [0.29, 0.717) is 0 Å². The van der Waals surface area contributed by atoms with E-state index in [1.165, 1.54) is 116 Å². The maximum absolute atomic E-state index is 6.07. The zero-order valence-corrected chi connectivity index (χ0v) is 19.9. The van der Waals surface area contributed by atoms with Crippen molar-refractivity contribution >= 4 is 10.5 Å². The molecular formula is C23H48OSi. The van der Waals surface area contributed by atoms with Gasteiger partial charge in [-0.3, -0.25) is 0 Å². The average molecular weight is 369 g/mol. The van der Waals surface area contributed by atoms with Crippen molar-refractivity contribution in [3.05, 3.63) is 12.7 Å². The van der Waals surface area contributed by atoms with Crippen molar-refractivity contribution in [2.45, 2.75) is 135 Å². The van der Waals surface area contributed by atoms with E-state index in [2.05, 4.69) is 20.4 Å². The summed E-state index contributed by atoms with van der Waals surface area (Å²) in [4.78, 5) is 0. The molecule has 0 amide bonds. The van der Waals surface area contributed by atoms with E-state index in [0.717, 1.165) is 10.5 Å². The standard InChI is InChI=1S/C23H48OSi/c1-4-7-8-9-10-11-12-13-14-15-16-17-18-19-22-23(24-25,20-5-2)21-6-3/h4H,1,5-22H2,2-3,25H3. The van der Waals surface area contributed by atoms with Gasteiger partial charge in [0.2, 0.25) is 0 Å². The molecule has 0 saturated heterocycles. The van der Waals surface area contributed by atoms with E-state index in [-0.39, 0.29) is 5.60 Å². The summed E-state index contributed by atoms with van der Waals surface area (Å²) in [6, 6.07) is 0. The summed E-state index contributed by atoms with van der Waals surface area (Å²) in [7, 11) is 0.891. The van der Waals surface area contributed by atoms with Crippen LogP contribution in [-0.2, 0) is 4.43 Å². The third-order valence-electron chi connectivity index (χ3n) is 5.63. The first-order chi connectivity index (χ1) is 12.2. The van der Waals surface area contributed by atoms with Crippen LogP contribution in [0.2, 0.25) is 0 Å². The highest BCUT2D eigenvalue weighted by molar-refractivity contribution is 5.98. The zero-order chi connectivity index (χ0) is 18.6. The molecule has 0 aromatic rings. The number of rotatable bonds is 20. The van der Waals surface area contributed by atoms with Crippen LogP contribution in [0.25, 0.3) is 0 Å². The van der Waals surface area contributed by atoms with E-state index in [1.807, 2.05) is 6.08 Å². The van der Waals surface area contributed by atoms with Crippen LogP contribution >= 0.6 is 0 Å². The van der Waals surface area contributed by atoms with Gasteiger partial charge in [-0.25, -0.2) is 0 Å². The molecule has 0 radical (unpaired) electrons. The number of hydrogen-bond acceptors (Lipinski definition) is 1. The molecule has 0 aromatic heterocycles. The van der Waals surface area contributed by atoms with Gasteiger partial charge < -0.3 is 4.43 Å². The van der Waals surface area contributed by atoms with Gasteiger partial charge in [-0.15, -0.1) is 6.58 Å². The first-order valence-corrected chi connectivity index (χ1v) is 12.2. The van der Waals surface area contributed by atoms with Crippen molar-refractivity contribution in [2.24, 2.45) is 0 Å². The van der Waals surface area contributed by atoms with E-state index in [4.69, 9.17) is 4.43 Å². The Morgan fingerprint density at radius 2 is 1.08 bits per heavy atom. The predicted molar refractivity (Wildman–Crippen MR) is 118 cm³/mol. The zero-order valence-electron chi connectivity index (χ0n) is 17.9. The van der Waals surface area contributed by atoms with Gasteiger partial charge in [-0.2, -0.15) is 0 Å². The molecule has 0 saturated carbocycles. The molecule has 0 aliphatic heterocycles. The lowest BCUT2D eigenvalue weighted by atomic mass is 9.87. The van der Waals surface area contributed by atoms with Gasteiger partial charge in [0, 0.05) is 0 Å². The molecule has 0 atom stereocenters. The quantitative estimate of drug-likeness (QED) is 0.125. The summed E-state index contributed by atoms with van der Waals surface area (Å²) >= 11 is 0. The third-order valence-corrected chi connectivity index (χ3v) is 6.50. The van der Waals surface area contributed by atoms with E-state index < -0.39 is 0 Å². The van der Waals surface area contributed by atoms with Crippen LogP contribution in [-0.4, -0.2) is 16.1 Å². The second-order valence-electron chi connectivity index (χ2n) is 7.96. The van der Waals surface area contributed by atoms with Crippen molar-refractivity contribution in [1.29, 1.82) is 0 Å². The SMILES string of the molecule is C=CCCCCCCCCCCCCCCC(CCC)(CCC)O[SiH3]. The molecule has 0 unspecified atom stereocenters. The largest absolute Gasteiger partial charge is 0.422 e. The normalized spacial score (nSPS) is 11.9. The monoisotopic (exact) mass is 368 g/mol. The fourth-order valence-electron chi connectivity index (χ4n) is 4.10. The highest BCUT2D eigenvalue weighted by atomic mass is 28.2. The summed E-state index contributed by atoms with van der Waals surface area (Å²) < 4.78 is 6.07. The molecule has 2 heteroatoms. The topological polar surface area (TPSA) is 9.23 Å². The molecule has 0 aromatic carbocycles. The molecule has 0 spiro atoms. The van der Waals surface area contributed by atoms with E-state index in [1.54, 1.807) is 0 Å². The maximum Gasteiger partial charge on any atom is 0.146 e. The lowest BCUT2D eigenvalue weighted by Gasteiger charge is -2.33. The van der Waals surface area contributed by atoms with Crippen molar-refractivity contribution in [2.75, 3.05) is 0 Å². The minimum absolute atomic E-state index is 0.237.